The van der Waals surface area contributed by atoms with Crippen molar-refractivity contribution in [1.29, 1.82) is 0 Å². The van der Waals surface area contributed by atoms with Crippen LogP contribution >= 0.6 is 22.9 Å². The Morgan fingerprint density at radius 2 is 1.81 bits per heavy atom. The molecule has 0 bridgehead atoms. The average Bonchev–Trinajstić information content (AvgIpc) is 3.94. The van der Waals surface area contributed by atoms with Gasteiger partial charge in [-0.05, 0) is 124 Å². The highest BCUT2D eigenvalue weighted by Gasteiger charge is 2.41. The van der Waals surface area contributed by atoms with Crippen LogP contribution < -0.4 is 25.1 Å². The second-order valence-electron chi connectivity index (χ2n) is 18.3. The molecule has 70 heavy (non-hydrogen) atoms. The molecule has 19 heteroatoms. The largest absolute Gasteiger partial charge is 0.494 e. The molecule has 3 N–H and O–H groups in total. The summed E-state index contributed by atoms with van der Waals surface area (Å²) in [6, 6.07) is 21.8. The summed E-state index contributed by atoms with van der Waals surface area (Å²) in [5, 5.41) is 27.8. The second kappa shape index (κ2) is 19.8. The SMILES string of the molecule is COc1cc([C@@H](CC(=O)O)c2ccc(C)c(CN3C[C@@H](C)Oc4cc(CCCCNC(=O)C[C@@H]5N=C(c6ccc(Cl)cc6)c6c(sc(C)c6C)N6C(C)=NNC56)ccc4S3(=O)=O)c2)cc2nnn(C)c12. The van der Waals surface area contributed by atoms with Crippen molar-refractivity contribution in [1.82, 2.24) is 30.0 Å². The highest BCUT2D eigenvalue weighted by Crippen LogP contribution is 2.43. The maximum absolute atomic E-state index is 14.4. The number of methoxy groups -OCH3 is 1. The monoisotopic (exact) mass is 1010 g/mol. The second-order valence-corrected chi connectivity index (χ2v) is 21.8. The number of carboxylic acid groups (broad SMARTS) is 1. The number of sulfonamides is 1. The predicted octanol–water partition coefficient (Wildman–Crippen LogP) is 8.01. The molecule has 5 heterocycles. The number of aliphatic carboxylic acids is 1. The Kier molecular flexibility index (Phi) is 13.8. The fraction of sp³-hybridized carbons (Fsp3) is 0.373. The lowest BCUT2D eigenvalue weighted by Gasteiger charge is -2.28. The average molecular weight is 1010 g/mol. The molecule has 4 aromatic carbocycles. The number of aromatic nitrogens is 3. The zero-order chi connectivity index (χ0) is 49.6. The van der Waals surface area contributed by atoms with Crippen molar-refractivity contribution < 1.29 is 32.6 Å². The van der Waals surface area contributed by atoms with Gasteiger partial charge in [-0.2, -0.15) is 9.41 Å². The highest BCUT2D eigenvalue weighted by atomic mass is 35.5. The molecular weight excluding hydrogens is 950 g/mol. The Bertz CT molecular complexity index is 3190. The lowest BCUT2D eigenvalue weighted by Crippen LogP contribution is -2.48. The number of thiophene rings is 1. The summed E-state index contributed by atoms with van der Waals surface area (Å²) in [5.74, 6) is -0.0344. The van der Waals surface area contributed by atoms with Gasteiger partial charge in [0.25, 0.3) is 0 Å². The standard InChI is InChI=1S/C51H56ClN9O7S2/c1-28-11-13-35(39(24-46(63)64)36-22-40-49(43(23-36)67-7)59(6)58-56-40)21-37(28)27-60-26-29(2)68-42-20-33(12-18-44(42)70(60,65)66)10-8-9-19-53-45(62)25-41-50-57-55-32(5)61(50)51-47(30(3)31(4)69-51)48(54-41)34-14-16-38(52)17-15-34/h11-18,20-23,29,39,41,50,57H,8-10,19,24-27H2,1-7H3,(H,53,62)(H,63,64)/t29-,39+,41+,50?/m1/s1. The van der Waals surface area contributed by atoms with Crippen molar-refractivity contribution in [3.63, 3.8) is 0 Å². The van der Waals surface area contributed by atoms with Gasteiger partial charge in [-0.15, -0.1) is 16.4 Å². The summed E-state index contributed by atoms with van der Waals surface area (Å²) in [4.78, 5) is 34.6. The van der Waals surface area contributed by atoms with Crippen LogP contribution in [0.15, 0.2) is 87.8 Å². The number of benzene rings is 4. The summed E-state index contributed by atoms with van der Waals surface area (Å²) < 4.78 is 43.9. The van der Waals surface area contributed by atoms with Gasteiger partial charge in [0.2, 0.25) is 15.9 Å². The van der Waals surface area contributed by atoms with Crippen molar-refractivity contribution in [3.8, 4) is 11.5 Å². The fourth-order valence-electron chi connectivity index (χ4n) is 9.63. The van der Waals surface area contributed by atoms with E-state index in [1.807, 2.05) is 87.5 Å². The molecule has 1 unspecified atom stereocenters. The summed E-state index contributed by atoms with van der Waals surface area (Å²) in [6.07, 6.45) is 1.26. The third-order valence-corrected chi connectivity index (χ3v) is 16.7. The maximum atomic E-state index is 14.4. The Labute approximate surface area is 416 Å². The van der Waals surface area contributed by atoms with E-state index in [1.165, 1.54) is 9.18 Å². The molecule has 0 spiro atoms. The lowest BCUT2D eigenvalue weighted by molar-refractivity contribution is -0.137. The van der Waals surface area contributed by atoms with Crippen molar-refractivity contribution in [2.75, 3.05) is 25.1 Å². The number of nitrogens with zero attached hydrogens (tertiary/aromatic N) is 7. The van der Waals surface area contributed by atoms with Crippen LogP contribution in [0.25, 0.3) is 11.0 Å². The van der Waals surface area contributed by atoms with E-state index in [0.717, 1.165) is 61.9 Å². The van der Waals surface area contributed by atoms with Gasteiger partial charge in [0.05, 0.1) is 38.2 Å². The molecule has 9 rings (SSSR count). The number of halogens is 1. The zero-order valence-electron chi connectivity index (χ0n) is 40.1. The number of carbonyl (C=O) groups is 2. The number of aliphatic imine (C=N–C) groups is 1. The van der Waals surface area contributed by atoms with Crippen LogP contribution in [0.3, 0.4) is 0 Å². The van der Waals surface area contributed by atoms with Crippen LogP contribution in [0.4, 0.5) is 5.00 Å². The lowest BCUT2D eigenvalue weighted by atomic mass is 9.86. The van der Waals surface area contributed by atoms with E-state index in [4.69, 9.17) is 26.1 Å². The minimum Gasteiger partial charge on any atom is -0.494 e. The number of hydrogen-bond donors (Lipinski definition) is 3. The molecule has 1 amide bonds. The highest BCUT2D eigenvalue weighted by molar-refractivity contribution is 7.89. The maximum Gasteiger partial charge on any atom is 0.304 e. The van der Waals surface area contributed by atoms with Crippen LogP contribution in [0.2, 0.25) is 5.02 Å². The summed E-state index contributed by atoms with van der Waals surface area (Å²) >= 11 is 7.98. The van der Waals surface area contributed by atoms with Gasteiger partial charge in [-0.1, -0.05) is 53.2 Å². The molecule has 3 aliphatic heterocycles. The quantitative estimate of drug-likeness (QED) is 0.0844. The van der Waals surface area contributed by atoms with Crippen molar-refractivity contribution in [3.05, 3.63) is 127 Å². The van der Waals surface area contributed by atoms with Gasteiger partial charge < -0.3 is 19.9 Å². The van der Waals surface area contributed by atoms with Crippen LogP contribution in [0.1, 0.15) is 94.8 Å². The molecule has 3 aliphatic rings. The first kappa shape index (κ1) is 48.7. The number of hydrogen-bond acceptors (Lipinski definition) is 13. The van der Waals surface area contributed by atoms with Gasteiger partial charge in [-0.3, -0.25) is 24.9 Å². The number of hydrazone groups is 1. The molecule has 0 saturated heterocycles. The van der Waals surface area contributed by atoms with Gasteiger partial charge in [0.15, 0.2) is 0 Å². The fourth-order valence-corrected chi connectivity index (χ4v) is 12.6. The van der Waals surface area contributed by atoms with Gasteiger partial charge in [0.1, 0.15) is 50.5 Å². The van der Waals surface area contributed by atoms with E-state index in [-0.39, 0.29) is 42.9 Å². The third-order valence-electron chi connectivity index (χ3n) is 13.4. The molecule has 0 aliphatic carbocycles. The van der Waals surface area contributed by atoms with Crippen LogP contribution in [0, 0.1) is 20.8 Å². The van der Waals surface area contributed by atoms with Gasteiger partial charge >= 0.3 is 5.97 Å². The van der Waals surface area contributed by atoms with E-state index in [2.05, 4.69) is 44.9 Å². The number of ether oxygens (including phenoxy) is 2. The van der Waals surface area contributed by atoms with E-state index in [1.54, 1.807) is 36.2 Å². The number of unbranched alkanes of at least 4 members (excludes halogenated alkanes) is 1. The van der Waals surface area contributed by atoms with E-state index in [0.29, 0.717) is 52.5 Å². The zero-order valence-corrected chi connectivity index (χ0v) is 42.5. The van der Waals surface area contributed by atoms with Crippen LogP contribution in [0.5, 0.6) is 11.5 Å². The summed E-state index contributed by atoms with van der Waals surface area (Å²) in [6.45, 7) is 10.6. The van der Waals surface area contributed by atoms with Gasteiger partial charge in [-0.25, -0.2) is 13.1 Å². The number of carboxylic acids is 1. The van der Waals surface area contributed by atoms with Crippen LogP contribution in [-0.2, 0) is 39.6 Å². The van der Waals surface area contributed by atoms with Crippen molar-refractivity contribution >= 4 is 72.4 Å². The molecule has 0 fully saturated rings. The number of anilines is 1. The number of aryl methyl sites for hydroxylation is 4. The molecule has 0 radical (unpaired) electrons. The first-order chi connectivity index (χ1) is 33.5. The molecule has 2 aromatic heterocycles. The van der Waals surface area contributed by atoms with Gasteiger partial charge in [0, 0.05) is 47.1 Å². The number of carbonyl (C=O) groups excluding carboxylic acids is 1. The Hall–Kier alpha value is -6.34. The molecule has 366 valence electrons. The summed E-state index contributed by atoms with van der Waals surface area (Å²) in [7, 11) is -0.706. The smallest absolute Gasteiger partial charge is 0.304 e. The first-order valence-electron chi connectivity index (χ1n) is 23.3. The number of rotatable bonds is 15. The number of amides is 1. The number of fused-ring (bicyclic) bond motifs is 5. The Morgan fingerprint density at radius 1 is 1.03 bits per heavy atom. The van der Waals surface area contributed by atoms with Crippen molar-refractivity contribution in [2.24, 2.45) is 17.1 Å². The molecular formula is C51H56ClN9O7S2. The predicted molar refractivity (Wildman–Crippen MR) is 272 cm³/mol. The van der Waals surface area contributed by atoms with E-state index >= 15 is 0 Å². The molecule has 0 saturated carbocycles. The Morgan fingerprint density at radius 3 is 2.57 bits per heavy atom. The third kappa shape index (κ3) is 9.61. The summed E-state index contributed by atoms with van der Waals surface area (Å²) in [5.41, 5.74) is 12.4. The number of amidine groups is 1. The molecule has 6 aromatic rings. The Balaban J connectivity index is 0.853. The minimum absolute atomic E-state index is 0.0587. The number of nitrogens with one attached hydrogen (secondary N) is 2. The van der Waals surface area contributed by atoms with E-state index in [9.17, 15) is 23.1 Å². The van der Waals surface area contributed by atoms with Crippen LogP contribution in [-0.4, -0.2) is 94.8 Å². The molecule has 16 nitrogen and oxygen atoms in total. The normalized spacial score (nSPS) is 18.9. The van der Waals surface area contributed by atoms with Crippen molar-refractivity contribution in [2.45, 2.75) is 102 Å². The topological polar surface area (TPSA) is 193 Å². The molecule has 4 atom stereocenters. The first-order valence-corrected chi connectivity index (χ1v) is 25.9. The van der Waals surface area contributed by atoms with E-state index < -0.39 is 34.1 Å². The minimum atomic E-state index is -4.01.